The van der Waals surface area contributed by atoms with Gasteiger partial charge in [-0.15, -0.1) is 0 Å². The topological polar surface area (TPSA) is 76.7 Å². The number of nitrogens with one attached hydrogen (secondary N) is 2. The molecule has 0 saturated heterocycles. The van der Waals surface area contributed by atoms with Crippen LogP contribution in [-0.2, 0) is 19.1 Å². The molecule has 0 bridgehead atoms. The second-order valence-electron chi connectivity index (χ2n) is 4.67. The minimum Gasteiger partial charge on any atom is -0.463 e. The lowest BCUT2D eigenvalue weighted by molar-refractivity contribution is -0.146. The molecule has 0 atom stereocenters. The lowest BCUT2D eigenvalue weighted by atomic mass is 10.2. The first-order valence-corrected chi connectivity index (χ1v) is 7.72. The second kappa shape index (κ2) is 10.1. The van der Waals surface area contributed by atoms with Crippen LogP contribution in [0.15, 0.2) is 18.2 Å². The number of thiocarbonyl (C=S) groups is 1. The van der Waals surface area contributed by atoms with Crippen LogP contribution in [0, 0.1) is 6.92 Å². The lowest BCUT2D eigenvalue weighted by Crippen LogP contribution is -2.34. The van der Waals surface area contributed by atoms with Crippen molar-refractivity contribution in [2.45, 2.75) is 19.8 Å². The fourth-order valence-corrected chi connectivity index (χ4v) is 1.99. The minimum absolute atomic E-state index is 0.0117. The normalized spacial score (nSPS) is 10.0. The number of methoxy groups -OCH3 is 1. The zero-order chi connectivity index (χ0) is 17.2. The van der Waals surface area contributed by atoms with Gasteiger partial charge in [0.15, 0.2) is 5.11 Å². The number of carbonyl (C=O) groups is 2. The molecule has 1 aromatic carbocycles. The van der Waals surface area contributed by atoms with Gasteiger partial charge in [0.05, 0.1) is 13.0 Å². The van der Waals surface area contributed by atoms with E-state index in [0.29, 0.717) is 17.3 Å². The van der Waals surface area contributed by atoms with E-state index in [9.17, 15) is 9.59 Å². The predicted molar refractivity (Wildman–Crippen MR) is 92.6 cm³/mol. The first-order chi connectivity index (χ1) is 10.9. The zero-order valence-electron chi connectivity index (χ0n) is 13.0. The maximum absolute atomic E-state index is 11.7. The Morgan fingerprint density at radius 2 is 2.00 bits per heavy atom. The number of halogens is 1. The summed E-state index contributed by atoms with van der Waals surface area (Å²) >= 11 is 11.0. The molecule has 8 heteroatoms. The van der Waals surface area contributed by atoms with Crippen molar-refractivity contribution in [2.24, 2.45) is 0 Å². The molecule has 1 rings (SSSR count). The molecule has 1 aromatic rings. The van der Waals surface area contributed by atoms with Crippen molar-refractivity contribution in [3.8, 4) is 0 Å². The predicted octanol–water partition coefficient (Wildman–Crippen LogP) is 2.43. The Morgan fingerprint density at radius 1 is 1.26 bits per heavy atom. The molecule has 0 saturated carbocycles. The van der Waals surface area contributed by atoms with Crippen LogP contribution in [-0.4, -0.2) is 37.3 Å². The SMILES string of the molecule is COCCOC(=O)CCC(=O)NC(=S)Nc1cc(Cl)ccc1C. The molecule has 0 aromatic heterocycles. The van der Waals surface area contributed by atoms with Crippen molar-refractivity contribution < 1.29 is 19.1 Å². The molecule has 0 radical (unpaired) electrons. The molecular weight excluding hydrogens is 340 g/mol. The molecule has 0 aliphatic heterocycles. The van der Waals surface area contributed by atoms with E-state index in [4.69, 9.17) is 33.3 Å². The highest BCUT2D eigenvalue weighted by atomic mass is 35.5. The van der Waals surface area contributed by atoms with E-state index in [0.717, 1.165) is 5.56 Å². The molecule has 6 nitrogen and oxygen atoms in total. The Bertz CT molecular complexity index is 581. The van der Waals surface area contributed by atoms with Crippen LogP contribution in [0.2, 0.25) is 5.02 Å². The summed E-state index contributed by atoms with van der Waals surface area (Å²) in [5, 5.41) is 6.10. The maximum Gasteiger partial charge on any atom is 0.306 e. The first-order valence-electron chi connectivity index (χ1n) is 6.94. The van der Waals surface area contributed by atoms with Crippen molar-refractivity contribution in [1.82, 2.24) is 5.32 Å². The minimum atomic E-state index is -0.457. The molecule has 0 aliphatic rings. The number of benzene rings is 1. The molecule has 0 spiro atoms. The third kappa shape index (κ3) is 7.92. The van der Waals surface area contributed by atoms with Crippen LogP contribution < -0.4 is 10.6 Å². The molecule has 126 valence electrons. The Kier molecular flexibility index (Phi) is 8.53. The van der Waals surface area contributed by atoms with Gasteiger partial charge in [-0.1, -0.05) is 17.7 Å². The highest BCUT2D eigenvalue weighted by molar-refractivity contribution is 7.80. The van der Waals surface area contributed by atoms with Crippen molar-refractivity contribution in [1.29, 1.82) is 0 Å². The standard InChI is InChI=1S/C15H19ClN2O4S/c1-10-3-4-11(16)9-12(10)17-15(23)18-13(19)5-6-14(20)22-8-7-21-2/h3-4,9H,5-8H2,1-2H3,(H2,17,18,19,23). The first kappa shape index (κ1) is 19.3. The van der Waals surface area contributed by atoms with Crippen molar-refractivity contribution in [2.75, 3.05) is 25.6 Å². The van der Waals surface area contributed by atoms with E-state index < -0.39 is 5.97 Å². The van der Waals surface area contributed by atoms with E-state index >= 15 is 0 Å². The van der Waals surface area contributed by atoms with Gasteiger partial charge in [-0.3, -0.25) is 9.59 Å². The van der Waals surface area contributed by atoms with Crippen LogP contribution in [0.5, 0.6) is 0 Å². The Morgan fingerprint density at radius 3 is 2.70 bits per heavy atom. The smallest absolute Gasteiger partial charge is 0.306 e. The highest BCUT2D eigenvalue weighted by Crippen LogP contribution is 2.19. The van der Waals surface area contributed by atoms with Crippen LogP contribution >= 0.6 is 23.8 Å². The number of hydrogen-bond acceptors (Lipinski definition) is 5. The Balaban J connectivity index is 2.35. The van der Waals surface area contributed by atoms with Gasteiger partial charge < -0.3 is 20.1 Å². The molecule has 0 fully saturated rings. The van der Waals surface area contributed by atoms with Gasteiger partial charge in [0.2, 0.25) is 5.91 Å². The number of esters is 1. The number of amides is 1. The largest absolute Gasteiger partial charge is 0.463 e. The van der Waals surface area contributed by atoms with E-state index in [1.165, 1.54) is 7.11 Å². The Labute approximate surface area is 145 Å². The third-order valence-electron chi connectivity index (χ3n) is 2.81. The molecule has 0 heterocycles. The summed E-state index contributed by atoms with van der Waals surface area (Å²) in [6, 6.07) is 5.31. The summed E-state index contributed by atoms with van der Waals surface area (Å²) in [4.78, 5) is 23.1. The summed E-state index contributed by atoms with van der Waals surface area (Å²) in [5.74, 6) is -0.826. The van der Waals surface area contributed by atoms with E-state index in [2.05, 4.69) is 10.6 Å². The quantitative estimate of drug-likeness (QED) is 0.443. The van der Waals surface area contributed by atoms with Crippen molar-refractivity contribution in [3.63, 3.8) is 0 Å². The van der Waals surface area contributed by atoms with Crippen molar-refractivity contribution >= 4 is 46.5 Å². The third-order valence-corrected chi connectivity index (χ3v) is 3.25. The van der Waals surface area contributed by atoms with Gasteiger partial charge >= 0.3 is 5.97 Å². The van der Waals surface area contributed by atoms with Crippen LogP contribution in [0.4, 0.5) is 5.69 Å². The van der Waals surface area contributed by atoms with E-state index in [1.54, 1.807) is 12.1 Å². The van der Waals surface area contributed by atoms with Gasteiger partial charge in [0.1, 0.15) is 6.61 Å². The second-order valence-corrected chi connectivity index (χ2v) is 5.52. The number of rotatable bonds is 7. The summed E-state index contributed by atoms with van der Waals surface area (Å²) in [6.07, 6.45) is -0.0312. The fraction of sp³-hybridized carbons (Fsp3) is 0.400. The number of aryl methyl sites for hydroxylation is 1. The molecule has 23 heavy (non-hydrogen) atoms. The molecule has 0 aliphatic carbocycles. The highest BCUT2D eigenvalue weighted by Gasteiger charge is 2.10. The van der Waals surface area contributed by atoms with Gasteiger partial charge in [-0.2, -0.15) is 0 Å². The summed E-state index contributed by atoms with van der Waals surface area (Å²) < 4.78 is 9.61. The molecular formula is C15H19ClN2O4S. The van der Waals surface area contributed by atoms with E-state index in [-0.39, 0.29) is 30.5 Å². The summed E-state index contributed by atoms with van der Waals surface area (Å²) in [7, 11) is 1.51. The van der Waals surface area contributed by atoms with Crippen molar-refractivity contribution in [3.05, 3.63) is 28.8 Å². The lowest BCUT2D eigenvalue weighted by Gasteiger charge is -2.12. The molecule has 0 unspecified atom stereocenters. The van der Waals surface area contributed by atoms with Gasteiger partial charge in [-0.05, 0) is 36.8 Å². The molecule has 2 N–H and O–H groups in total. The average Bonchev–Trinajstić information content (AvgIpc) is 2.49. The van der Waals surface area contributed by atoms with E-state index in [1.807, 2.05) is 13.0 Å². The van der Waals surface area contributed by atoms with Gasteiger partial charge in [-0.25, -0.2) is 0 Å². The Hall–Kier alpha value is -1.70. The monoisotopic (exact) mass is 358 g/mol. The molecule has 1 amide bonds. The number of carbonyl (C=O) groups excluding carboxylic acids is 2. The zero-order valence-corrected chi connectivity index (χ0v) is 14.6. The van der Waals surface area contributed by atoms with Crippen LogP contribution in [0.25, 0.3) is 0 Å². The van der Waals surface area contributed by atoms with Crippen LogP contribution in [0.1, 0.15) is 18.4 Å². The van der Waals surface area contributed by atoms with Gasteiger partial charge in [0.25, 0.3) is 0 Å². The maximum atomic E-state index is 11.7. The fourth-order valence-electron chi connectivity index (χ4n) is 1.60. The van der Waals surface area contributed by atoms with Crippen LogP contribution in [0.3, 0.4) is 0 Å². The number of hydrogen-bond donors (Lipinski definition) is 2. The number of ether oxygens (including phenoxy) is 2. The summed E-state index contributed by atoms with van der Waals surface area (Å²) in [5.41, 5.74) is 1.65. The summed E-state index contributed by atoms with van der Waals surface area (Å²) in [6.45, 7) is 2.38. The number of anilines is 1. The van der Waals surface area contributed by atoms with Gasteiger partial charge in [0, 0.05) is 24.2 Å². The average molecular weight is 359 g/mol.